The molecule has 24 heavy (non-hydrogen) atoms. The van der Waals surface area contributed by atoms with Gasteiger partial charge < -0.3 is 9.80 Å². The normalized spacial score (nSPS) is 22.2. The van der Waals surface area contributed by atoms with Gasteiger partial charge in [0.2, 0.25) is 11.9 Å². The van der Waals surface area contributed by atoms with E-state index < -0.39 is 0 Å². The lowest BCUT2D eigenvalue weighted by atomic mass is 10.2. The van der Waals surface area contributed by atoms with Crippen molar-refractivity contribution in [1.82, 2.24) is 24.6 Å². The lowest BCUT2D eigenvalue weighted by Crippen LogP contribution is -2.36. The summed E-state index contributed by atoms with van der Waals surface area (Å²) in [4.78, 5) is 25.0. The van der Waals surface area contributed by atoms with Crippen molar-refractivity contribution in [3.63, 3.8) is 0 Å². The van der Waals surface area contributed by atoms with Crippen LogP contribution in [0.25, 0.3) is 0 Å². The van der Waals surface area contributed by atoms with Gasteiger partial charge >= 0.3 is 0 Å². The van der Waals surface area contributed by atoms with Crippen LogP contribution < -0.4 is 4.90 Å². The number of hydrogen-bond donors (Lipinski definition) is 0. The molecule has 7 nitrogen and oxygen atoms in total. The molecule has 1 saturated carbocycles. The monoisotopic (exact) mass is 326 g/mol. The van der Waals surface area contributed by atoms with Crippen LogP contribution in [-0.2, 0) is 24.4 Å². The lowest BCUT2D eigenvalue weighted by molar-refractivity contribution is -0.132. The Morgan fingerprint density at radius 3 is 2.79 bits per heavy atom. The van der Waals surface area contributed by atoms with E-state index in [1.165, 1.54) is 0 Å². The maximum absolute atomic E-state index is 12.4. The van der Waals surface area contributed by atoms with Gasteiger partial charge in [-0.2, -0.15) is 5.10 Å². The molecular weight excluding hydrogens is 304 g/mol. The van der Waals surface area contributed by atoms with Gasteiger partial charge in [-0.05, 0) is 18.4 Å². The highest BCUT2D eigenvalue weighted by atomic mass is 16.2. The quantitative estimate of drug-likeness (QED) is 0.847. The van der Waals surface area contributed by atoms with E-state index in [-0.39, 0.29) is 11.8 Å². The Morgan fingerprint density at radius 1 is 1.33 bits per heavy atom. The molecule has 1 fully saturated rings. The molecule has 0 aromatic carbocycles. The fourth-order valence-corrected chi connectivity index (χ4v) is 3.34. The molecule has 2 atom stereocenters. The van der Waals surface area contributed by atoms with Crippen molar-refractivity contribution < 1.29 is 4.79 Å². The summed E-state index contributed by atoms with van der Waals surface area (Å²) in [5.74, 6) is 1.75. The molecule has 0 unspecified atom stereocenters. The Morgan fingerprint density at radius 2 is 2.08 bits per heavy atom. The predicted molar refractivity (Wildman–Crippen MR) is 89.1 cm³/mol. The van der Waals surface area contributed by atoms with Crippen molar-refractivity contribution in [2.75, 3.05) is 18.5 Å². The number of anilines is 1. The van der Waals surface area contributed by atoms with E-state index in [1.807, 2.05) is 28.9 Å². The van der Waals surface area contributed by atoms with Crippen molar-refractivity contribution in [3.05, 3.63) is 35.9 Å². The van der Waals surface area contributed by atoms with Crippen LogP contribution in [0.3, 0.4) is 0 Å². The molecule has 2 aliphatic rings. The van der Waals surface area contributed by atoms with E-state index in [1.54, 1.807) is 12.4 Å². The number of rotatable bonds is 4. The Balaban J connectivity index is 1.49. The van der Waals surface area contributed by atoms with Gasteiger partial charge in [-0.25, -0.2) is 9.97 Å². The zero-order valence-electron chi connectivity index (χ0n) is 14.1. The van der Waals surface area contributed by atoms with E-state index in [0.717, 1.165) is 43.3 Å². The average Bonchev–Trinajstić information content (AvgIpc) is 3.22. The Kier molecular flexibility index (Phi) is 3.70. The molecule has 3 heterocycles. The Labute approximate surface area is 141 Å². The minimum atomic E-state index is 0.218. The van der Waals surface area contributed by atoms with Crippen molar-refractivity contribution in [1.29, 1.82) is 0 Å². The summed E-state index contributed by atoms with van der Waals surface area (Å²) in [6, 6.07) is 1.82. The Hall–Kier alpha value is -2.44. The van der Waals surface area contributed by atoms with Crippen LogP contribution in [0, 0.1) is 11.8 Å². The van der Waals surface area contributed by atoms with Gasteiger partial charge in [-0.15, -0.1) is 0 Å². The molecule has 2 aromatic heterocycles. The molecule has 126 valence electrons. The molecular formula is C17H22N6O. The summed E-state index contributed by atoms with van der Waals surface area (Å²) < 4.78 is 2.03. The molecule has 0 bridgehead atoms. The summed E-state index contributed by atoms with van der Waals surface area (Å²) in [5, 5.41) is 4.48. The zero-order chi connectivity index (χ0) is 16.7. The van der Waals surface area contributed by atoms with Crippen LogP contribution in [0.1, 0.15) is 24.6 Å². The van der Waals surface area contributed by atoms with Crippen LogP contribution in [0.2, 0.25) is 0 Å². The van der Waals surface area contributed by atoms with Gasteiger partial charge in [-0.3, -0.25) is 9.48 Å². The molecule has 7 heteroatoms. The van der Waals surface area contributed by atoms with E-state index >= 15 is 0 Å². The smallest absolute Gasteiger partial charge is 0.226 e. The van der Waals surface area contributed by atoms with E-state index in [0.29, 0.717) is 12.5 Å². The van der Waals surface area contributed by atoms with Gasteiger partial charge in [0.25, 0.3) is 0 Å². The first-order valence-corrected chi connectivity index (χ1v) is 8.44. The minimum absolute atomic E-state index is 0.218. The number of hydrogen-bond acceptors (Lipinski definition) is 5. The van der Waals surface area contributed by atoms with Gasteiger partial charge in [0.05, 0.1) is 25.0 Å². The summed E-state index contributed by atoms with van der Waals surface area (Å²) in [6.45, 7) is 5.12. The first-order chi connectivity index (χ1) is 11.6. The molecule has 0 spiro atoms. The fraction of sp³-hybridized carbons (Fsp3) is 0.529. The SMILES string of the molecule is C[C@@H]1C[C@H]1C(=O)N(C)Cc1cnn2c1CN(c1ncccn1)CC2. The van der Waals surface area contributed by atoms with Crippen molar-refractivity contribution in [2.24, 2.45) is 11.8 Å². The zero-order valence-corrected chi connectivity index (χ0v) is 14.1. The topological polar surface area (TPSA) is 67.2 Å². The highest BCUT2D eigenvalue weighted by molar-refractivity contribution is 5.81. The summed E-state index contributed by atoms with van der Waals surface area (Å²) in [7, 11) is 1.89. The van der Waals surface area contributed by atoms with Crippen molar-refractivity contribution in [3.8, 4) is 0 Å². The summed E-state index contributed by atoms with van der Waals surface area (Å²) in [6.07, 6.45) is 6.44. The van der Waals surface area contributed by atoms with E-state index in [9.17, 15) is 4.79 Å². The highest BCUT2D eigenvalue weighted by Crippen LogP contribution is 2.39. The first kappa shape index (κ1) is 15.1. The third-order valence-electron chi connectivity index (χ3n) is 5.00. The second-order valence-electron chi connectivity index (χ2n) is 6.82. The first-order valence-electron chi connectivity index (χ1n) is 8.44. The Bertz CT molecular complexity index is 743. The van der Waals surface area contributed by atoms with Gasteiger partial charge in [-0.1, -0.05) is 6.92 Å². The third kappa shape index (κ3) is 2.74. The second kappa shape index (κ2) is 5.89. The molecule has 0 N–H and O–H groups in total. The number of carbonyl (C=O) groups is 1. The predicted octanol–water partition coefficient (Wildman–Crippen LogP) is 1.31. The van der Waals surface area contributed by atoms with Crippen molar-refractivity contribution >= 4 is 11.9 Å². The number of carbonyl (C=O) groups excluding carboxylic acids is 1. The summed E-state index contributed by atoms with van der Waals surface area (Å²) in [5.41, 5.74) is 2.26. The molecule has 4 rings (SSSR count). The van der Waals surface area contributed by atoms with Crippen LogP contribution in [0.5, 0.6) is 0 Å². The van der Waals surface area contributed by atoms with E-state index in [2.05, 4.69) is 26.9 Å². The number of fused-ring (bicyclic) bond motifs is 1. The second-order valence-corrected chi connectivity index (χ2v) is 6.82. The maximum Gasteiger partial charge on any atom is 0.226 e. The van der Waals surface area contributed by atoms with Crippen molar-refractivity contribution in [2.45, 2.75) is 33.0 Å². The van der Waals surface area contributed by atoms with Gasteiger partial charge in [0.1, 0.15) is 0 Å². The average molecular weight is 326 g/mol. The molecule has 0 radical (unpaired) electrons. The number of aromatic nitrogens is 4. The van der Waals surface area contributed by atoms with E-state index in [4.69, 9.17) is 0 Å². The standard InChI is InChI=1S/C17H22N6O/c1-12-8-14(12)16(24)21(2)10-13-9-20-23-7-6-22(11-15(13)23)17-18-4-3-5-19-17/h3-5,9,12,14H,6-8,10-11H2,1-2H3/t12-,14-/m1/s1. The number of nitrogens with zero attached hydrogens (tertiary/aromatic N) is 6. The maximum atomic E-state index is 12.4. The fourth-order valence-electron chi connectivity index (χ4n) is 3.34. The largest absolute Gasteiger partial charge is 0.341 e. The lowest BCUT2D eigenvalue weighted by Gasteiger charge is -2.28. The number of amides is 1. The van der Waals surface area contributed by atoms with Crippen LogP contribution in [-0.4, -0.2) is 44.1 Å². The molecule has 0 saturated heterocycles. The minimum Gasteiger partial charge on any atom is -0.341 e. The molecule has 1 aliphatic heterocycles. The molecule has 2 aromatic rings. The molecule has 1 aliphatic carbocycles. The third-order valence-corrected chi connectivity index (χ3v) is 5.00. The van der Waals surface area contributed by atoms with Crippen LogP contribution in [0.4, 0.5) is 5.95 Å². The van der Waals surface area contributed by atoms with Gasteiger partial charge in [0, 0.05) is 44.0 Å². The highest BCUT2D eigenvalue weighted by Gasteiger charge is 2.40. The summed E-state index contributed by atoms with van der Waals surface area (Å²) >= 11 is 0. The van der Waals surface area contributed by atoms with Crippen LogP contribution in [0.15, 0.2) is 24.7 Å². The van der Waals surface area contributed by atoms with Gasteiger partial charge in [0.15, 0.2) is 0 Å². The molecule has 1 amide bonds. The van der Waals surface area contributed by atoms with Crippen LogP contribution >= 0.6 is 0 Å².